The number of fused-ring (bicyclic) bond motifs is 1. The van der Waals surface area contributed by atoms with Crippen molar-refractivity contribution in [3.63, 3.8) is 0 Å². The molecule has 1 amide bonds. The summed E-state index contributed by atoms with van der Waals surface area (Å²) in [7, 11) is -3.94. The third-order valence-corrected chi connectivity index (χ3v) is 7.37. The Morgan fingerprint density at radius 2 is 1.79 bits per heavy atom. The smallest absolute Gasteiger partial charge is 0.266 e. The van der Waals surface area contributed by atoms with E-state index in [-0.39, 0.29) is 10.8 Å². The lowest BCUT2D eigenvalue weighted by Crippen LogP contribution is -2.55. The zero-order chi connectivity index (χ0) is 19.9. The number of carbonyl (C=O) groups excluding carboxylic acids is 1. The van der Waals surface area contributed by atoms with Crippen molar-refractivity contribution in [3.8, 4) is 0 Å². The number of sulfonamides is 1. The number of rotatable bonds is 4. The highest BCUT2D eigenvalue weighted by atomic mass is 32.2. The van der Waals surface area contributed by atoms with Gasteiger partial charge in [-0.3, -0.25) is 4.79 Å². The van der Waals surface area contributed by atoms with Crippen LogP contribution in [-0.2, 0) is 10.0 Å². The Morgan fingerprint density at radius 3 is 2.46 bits per heavy atom. The van der Waals surface area contributed by atoms with Crippen molar-refractivity contribution in [1.82, 2.24) is 5.32 Å². The summed E-state index contributed by atoms with van der Waals surface area (Å²) in [4.78, 5) is 13.6. The minimum atomic E-state index is -3.94. The molecule has 2 heterocycles. The van der Waals surface area contributed by atoms with E-state index in [1.807, 2.05) is 24.4 Å². The highest BCUT2D eigenvalue weighted by molar-refractivity contribution is 7.93. The minimum absolute atomic E-state index is 0.160. The number of amides is 1. The second kappa shape index (κ2) is 6.92. The number of carbonyl (C=O) groups is 1. The average molecular weight is 411 g/mol. The lowest BCUT2D eigenvalue weighted by Gasteiger charge is -2.38. The predicted octanol–water partition coefficient (Wildman–Crippen LogP) is 4.03. The van der Waals surface area contributed by atoms with Crippen LogP contribution in [0, 0.1) is 6.92 Å². The first-order valence-corrected chi connectivity index (χ1v) is 11.0. The van der Waals surface area contributed by atoms with Gasteiger partial charge in [0.1, 0.15) is 6.17 Å². The van der Waals surface area contributed by atoms with E-state index in [0.717, 1.165) is 10.4 Å². The molecule has 0 aliphatic carbocycles. The van der Waals surface area contributed by atoms with Gasteiger partial charge in [0.15, 0.2) is 0 Å². The van der Waals surface area contributed by atoms with Crippen molar-refractivity contribution in [3.05, 3.63) is 88.6 Å². The van der Waals surface area contributed by atoms with Gasteiger partial charge in [0.2, 0.25) is 0 Å². The summed E-state index contributed by atoms with van der Waals surface area (Å²) < 4.78 is 28.4. The van der Waals surface area contributed by atoms with Crippen LogP contribution in [0.5, 0.6) is 0 Å². The molecule has 1 N–H and O–H groups in total. The second-order valence-electron chi connectivity index (χ2n) is 6.51. The molecule has 1 aromatic heterocycles. The Labute approximate surface area is 168 Å². The van der Waals surface area contributed by atoms with Gasteiger partial charge in [-0.15, -0.1) is 11.3 Å². The molecule has 3 aromatic rings. The molecular weight excluding hydrogens is 392 g/mol. The maximum atomic E-state index is 13.6. The van der Waals surface area contributed by atoms with Gasteiger partial charge in [0.05, 0.1) is 16.1 Å². The quantitative estimate of drug-likeness (QED) is 0.706. The van der Waals surface area contributed by atoms with Crippen LogP contribution in [0.2, 0.25) is 0 Å². The molecule has 1 aliphatic heterocycles. The highest BCUT2D eigenvalue weighted by Gasteiger charge is 2.40. The molecule has 1 unspecified atom stereocenters. The van der Waals surface area contributed by atoms with Gasteiger partial charge >= 0.3 is 0 Å². The number of anilines is 1. The number of para-hydroxylation sites is 1. The van der Waals surface area contributed by atoms with Crippen molar-refractivity contribution in [2.45, 2.75) is 18.0 Å². The molecule has 28 heavy (non-hydrogen) atoms. The molecule has 0 saturated carbocycles. The monoisotopic (exact) mass is 410 g/mol. The van der Waals surface area contributed by atoms with Crippen LogP contribution in [0.1, 0.15) is 20.8 Å². The Bertz CT molecular complexity index is 1150. The average Bonchev–Trinajstić information content (AvgIpc) is 3.22. The van der Waals surface area contributed by atoms with Crippen LogP contribution in [-0.4, -0.2) is 20.5 Å². The zero-order valence-electron chi connectivity index (χ0n) is 15.1. The van der Waals surface area contributed by atoms with Crippen molar-refractivity contribution >= 4 is 38.5 Å². The third kappa shape index (κ3) is 3.02. The summed E-state index contributed by atoms with van der Waals surface area (Å²) >= 11 is 1.45. The fraction of sp³-hybridized carbons (Fsp3) is 0.0952. The number of nitrogens with zero attached hydrogens (tertiary/aromatic N) is 1. The molecular formula is C21H18N2O3S2. The molecule has 1 atom stereocenters. The van der Waals surface area contributed by atoms with Crippen molar-refractivity contribution in [1.29, 1.82) is 0 Å². The summed E-state index contributed by atoms with van der Waals surface area (Å²) in [6.45, 7) is 5.99. The van der Waals surface area contributed by atoms with Gasteiger partial charge in [0, 0.05) is 10.5 Å². The van der Waals surface area contributed by atoms with E-state index in [0.29, 0.717) is 16.8 Å². The standard InChI is InChI=1S/C21H18N2O3S2/c1-14-9-11-16(12-10-14)28(25,26)23-18-7-4-3-6-17(18)21(24)22-20(23)15(2)19-8-5-13-27-19/h3-13,20H,2H2,1H3,(H,22,24). The van der Waals surface area contributed by atoms with Gasteiger partial charge in [-0.2, -0.15) is 0 Å². The Morgan fingerprint density at radius 1 is 1.07 bits per heavy atom. The molecule has 142 valence electrons. The molecule has 0 saturated heterocycles. The van der Waals surface area contributed by atoms with Gasteiger partial charge in [-0.1, -0.05) is 42.5 Å². The van der Waals surface area contributed by atoms with Crippen LogP contribution in [0.3, 0.4) is 0 Å². The molecule has 0 spiro atoms. The van der Waals surface area contributed by atoms with Crippen LogP contribution in [0.25, 0.3) is 5.57 Å². The summed E-state index contributed by atoms with van der Waals surface area (Å²) in [5, 5.41) is 4.70. The van der Waals surface area contributed by atoms with Crippen LogP contribution >= 0.6 is 11.3 Å². The fourth-order valence-electron chi connectivity index (χ4n) is 3.17. The SMILES string of the molecule is C=C(c1cccs1)C1NC(=O)c2ccccc2N1S(=O)(=O)c1ccc(C)cc1. The first-order chi connectivity index (χ1) is 13.4. The fourth-order valence-corrected chi connectivity index (χ4v) is 5.48. The molecule has 1 aliphatic rings. The summed E-state index contributed by atoms with van der Waals surface area (Å²) in [6.07, 6.45) is -0.910. The first-order valence-electron chi connectivity index (χ1n) is 8.63. The van der Waals surface area contributed by atoms with E-state index in [4.69, 9.17) is 0 Å². The maximum Gasteiger partial charge on any atom is 0.266 e. The molecule has 7 heteroatoms. The Hall–Kier alpha value is -2.90. The van der Waals surface area contributed by atoms with Crippen molar-refractivity contribution in [2.24, 2.45) is 0 Å². The molecule has 0 radical (unpaired) electrons. The lowest BCUT2D eigenvalue weighted by atomic mass is 10.1. The number of hydrogen-bond acceptors (Lipinski definition) is 4. The highest BCUT2D eigenvalue weighted by Crippen LogP contribution is 2.36. The van der Waals surface area contributed by atoms with Gasteiger partial charge in [0.25, 0.3) is 15.9 Å². The van der Waals surface area contributed by atoms with Gasteiger partial charge in [-0.05, 0) is 42.6 Å². The molecule has 4 rings (SSSR count). The van der Waals surface area contributed by atoms with E-state index in [9.17, 15) is 13.2 Å². The lowest BCUT2D eigenvalue weighted by molar-refractivity contribution is 0.0941. The van der Waals surface area contributed by atoms with E-state index < -0.39 is 16.2 Å². The van der Waals surface area contributed by atoms with E-state index >= 15 is 0 Å². The topological polar surface area (TPSA) is 66.5 Å². The predicted molar refractivity (Wildman–Crippen MR) is 112 cm³/mol. The number of aryl methyl sites for hydroxylation is 1. The Balaban J connectivity index is 1.90. The molecule has 0 fully saturated rings. The second-order valence-corrected chi connectivity index (χ2v) is 9.27. The van der Waals surface area contributed by atoms with Crippen LogP contribution in [0.15, 0.2) is 77.5 Å². The molecule has 2 aromatic carbocycles. The number of hydrogen-bond donors (Lipinski definition) is 1. The van der Waals surface area contributed by atoms with Crippen molar-refractivity contribution in [2.75, 3.05) is 4.31 Å². The third-order valence-electron chi connectivity index (χ3n) is 4.63. The summed E-state index contributed by atoms with van der Waals surface area (Å²) in [5.41, 5.74) is 2.14. The maximum absolute atomic E-state index is 13.6. The van der Waals surface area contributed by atoms with E-state index in [2.05, 4.69) is 11.9 Å². The molecule has 0 bridgehead atoms. The summed E-state index contributed by atoms with van der Waals surface area (Å²) in [5.74, 6) is -0.325. The van der Waals surface area contributed by atoms with E-state index in [1.165, 1.54) is 15.6 Å². The Kier molecular flexibility index (Phi) is 4.56. The van der Waals surface area contributed by atoms with Gasteiger partial charge in [-0.25, -0.2) is 12.7 Å². The largest absolute Gasteiger partial charge is 0.327 e. The number of benzene rings is 2. The zero-order valence-corrected chi connectivity index (χ0v) is 16.8. The number of nitrogens with one attached hydrogen (secondary N) is 1. The molecule has 5 nitrogen and oxygen atoms in total. The van der Waals surface area contributed by atoms with Crippen LogP contribution < -0.4 is 9.62 Å². The van der Waals surface area contributed by atoms with Gasteiger partial charge < -0.3 is 5.32 Å². The minimum Gasteiger partial charge on any atom is -0.327 e. The number of thiophene rings is 1. The van der Waals surface area contributed by atoms with Crippen LogP contribution in [0.4, 0.5) is 5.69 Å². The normalized spacial score (nSPS) is 16.4. The van der Waals surface area contributed by atoms with Crippen molar-refractivity contribution < 1.29 is 13.2 Å². The van der Waals surface area contributed by atoms with E-state index in [1.54, 1.807) is 48.5 Å². The first kappa shape index (κ1) is 18.5. The summed E-state index contributed by atoms with van der Waals surface area (Å²) in [6, 6.07) is 17.1.